The molecule has 0 saturated carbocycles. The molecule has 0 fully saturated rings. The lowest BCUT2D eigenvalue weighted by atomic mass is 10.1. The average Bonchev–Trinajstić information content (AvgIpc) is 2.99. The Hall–Kier alpha value is -2.70. The van der Waals surface area contributed by atoms with Crippen molar-refractivity contribution < 1.29 is 18.9 Å². The monoisotopic (exact) mass is 466 g/mol. The lowest BCUT2D eigenvalue weighted by Crippen LogP contribution is -1.99. The van der Waals surface area contributed by atoms with E-state index in [-0.39, 0.29) is 0 Å². The maximum absolute atomic E-state index is 6.46. The van der Waals surface area contributed by atoms with Crippen LogP contribution < -0.4 is 18.9 Å². The van der Waals surface area contributed by atoms with Gasteiger partial charge in [-0.05, 0) is 47.8 Å². The first-order valence-corrected chi connectivity index (χ1v) is 12.0. The first-order chi connectivity index (χ1) is 15.7. The second-order valence-electron chi connectivity index (χ2n) is 7.19. The molecule has 0 N–H and O–H groups in total. The summed E-state index contributed by atoms with van der Waals surface area (Å²) in [5.41, 5.74) is 3.04. The van der Waals surface area contributed by atoms with Crippen molar-refractivity contribution in [3.8, 4) is 28.7 Å². The Balaban J connectivity index is 1.75. The summed E-state index contributed by atoms with van der Waals surface area (Å²) in [5, 5.41) is 0. The highest BCUT2D eigenvalue weighted by molar-refractivity contribution is 8.08. The molecule has 3 aromatic carbocycles. The highest BCUT2D eigenvalue weighted by Gasteiger charge is 2.23. The number of rotatable bonds is 9. The quantitative estimate of drug-likeness (QED) is 0.273. The Bertz CT molecular complexity index is 1100. The van der Waals surface area contributed by atoms with Crippen molar-refractivity contribution in [3.05, 3.63) is 77.4 Å². The molecule has 1 aliphatic heterocycles. The smallest absolute Gasteiger partial charge is 0.177 e. The van der Waals surface area contributed by atoms with Gasteiger partial charge in [0.25, 0.3) is 0 Å². The molecule has 0 radical (unpaired) electrons. The van der Waals surface area contributed by atoms with Gasteiger partial charge in [0.05, 0.1) is 14.2 Å². The number of hydrogen-bond donors (Lipinski definition) is 1. The second kappa shape index (κ2) is 10.7. The van der Waals surface area contributed by atoms with Gasteiger partial charge in [-0.3, -0.25) is 0 Å². The SMILES string of the molecule is COc1cc2c(cc1OC)Oc1c(OCc3ccccc3)cccc1C(SCCCS)=C2. The van der Waals surface area contributed by atoms with Crippen LogP contribution in [0.1, 0.15) is 23.1 Å². The van der Waals surface area contributed by atoms with Crippen LogP contribution in [-0.4, -0.2) is 25.7 Å². The van der Waals surface area contributed by atoms with Gasteiger partial charge in [-0.2, -0.15) is 12.6 Å². The highest BCUT2D eigenvalue weighted by Crippen LogP contribution is 2.49. The van der Waals surface area contributed by atoms with Crippen LogP contribution in [0.25, 0.3) is 11.0 Å². The van der Waals surface area contributed by atoms with Crippen molar-refractivity contribution in [2.24, 2.45) is 0 Å². The first kappa shape index (κ1) is 22.5. The zero-order valence-electron chi connectivity index (χ0n) is 18.2. The van der Waals surface area contributed by atoms with Crippen molar-refractivity contribution in [2.75, 3.05) is 25.7 Å². The molecule has 0 saturated heterocycles. The van der Waals surface area contributed by atoms with Crippen LogP contribution in [0.2, 0.25) is 0 Å². The number of hydrogen-bond acceptors (Lipinski definition) is 6. The molecule has 0 spiro atoms. The molecule has 4 rings (SSSR count). The molecule has 0 unspecified atom stereocenters. The highest BCUT2D eigenvalue weighted by atomic mass is 32.2. The Kier molecular flexibility index (Phi) is 7.55. The van der Waals surface area contributed by atoms with Gasteiger partial charge in [0, 0.05) is 22.1 Å². The number of fused-ring (bicyclic) bond motifs is 2. The van der Waals surface area contributed by atoms with Gasteiger partial charge < -0.3 is 18.9 Å². The van der Waals surface area contributed by atoms with E-state index < -0.39 is 0 Å². The molecule has 1 aliphatic rings. The predicted molar refractivity (Wildman–Crippen MR) is 136 cm³/mol. The summed E-state index contributed by atoms with van der Waals surface area (Å²) in [4.78, 5) is 1.12. The second-order valence-corrected chi connectivity index (χ2v) is 8.77. The lowest BCUT2D eigenvalue weighted by Gasteiger charge is -2.17. The number of methoxy groups -OCH3 is 2. The van der Waals surface area contributed by atoms with Gasteiger partial charge in [0.1, 0.15) is 12.4 Å². The Morgan fingerprint density at radius 1 is 0.906 bits per heavy atom. The molecule has 166 valence electrons. The van der Waals surface area contributed by atoms with E-state index in [9.17, 15) is 0 Å². The van der Waals surface area contributed by atoms with E-state index in [1.165, 1.54) is 0 Å². The fourth-order valence-corrected chi connectivity index (χ4v) is 4.84. The lowest BCUT2D eigenvalue weighted by molar-refractivity contribution is 0.291. The minimum atomic E-state index is 0.464. The summed E-state index contributed by atoms with van der Waals surface area (Å²) in [6.07, 6.45) is 3.16. The van der Waals surface area contributed by atoms with Gasteiger partial charge in [-0.1, -0.05) is 36.4 Å². The van der Waals surface area contributed by atoms with E-state index in [1.807, 2.05) is 54.6 Å². The normalized spacial score (nSPS) is 12.0. The summed E-state index contributed by atoms with van der Waals surface area (Å²) in [6, 6.07) is 20.0. The molecule has 4 nitrogen and oxygen atoms in total. The zero-order valence-corrected chi connectivity index (χ0v) is 19.9. The number of thiol groups is 1. The third kappa shape index (κ3) is 5.03. The minimum absolute atomic E-state index is 0.464. The topological polar surface area (TPSA) is 36.9 Å². The molecular formula is C26H26O4S2. The standard InChI is InChI=1S/C26H26O4S2/c1-27-23-14-19-15-25(32-13-7-12-31)20-10-6-11-21(29-17-18-8-4-3-5-9-18)26(20)30-22(19)16-24(23)28-2/h3-6,8-11,14-16,31H,7,12-13,17H2,1-2H3. The summed E-state index contributed by atoms with van der Waals surface area (Å²) in [6.45, 7) is 0.464. The summed E-state index contributed by atoms with van der Waals surface area (Å²) >= 11 is 6.15. The summed E-state index contributed by atoms with van der Waals surface area (Å²) in [5.74, 6) is 5.21. The maximum atomic E-state index is 6.46. The third-order valence-corrected chi connectivity index (χ3v) is 6.51. The minimum Gasteiger partial charge on any atom is -0.493 e. The van der Waals surface area contributed by atoms with E-state index in [1.54, 1.807) is 26.0 Å². The molecule has 0 aliphatic carbocycles. The fraction of sp³-hybridized carbons (Fsp3) is 0.231. The van der Waals surface area contributed by atoms with Crippen LogP contribution >= 0.6 is 24.4 Å². The van der Waals surface area contributed by atoms with Crippen LogP contribution in [0.15, 0.2) is 60.7 Å². The van der Waals surface area contributed by atoms with Gasteiger partial charge >= 0.3 is 0 Å². The molecule has 0 bridgehead atoms. The Morgan fingerprint density at radius 2 is 1.69 bits per heavy atom. The molecule has 0 atom stereocenters. The maximum Gasteiger partial charge on any atom is 0.177 e. The van der Waals surface area contributed by atoms with Crippen LogP contribution in [0.3, 0.4) is 0 Å². The molecule has 0 aromatic heterocycles. The van der Waals surface area contributed by atoms with E-state index in [2.05, 4.69) is 24.8 Å². The average molecular weight is 467 g/mol. The molecule has 1 heterocycles. The Morgan fingerprint density at radius 3 is 2.44 bits per heavy atom. The number of benzene rings is 3. The van der Waals surface area contributed by atoms with Crippen LogP contribution in [-0.2, 0) is 6.61 Å². The van der Waals surface area contributed by atoms with Crippen molar-refractivity contribution in [1.29, 1.82) is 0 Å². The van der Waals surface area contributed by atoms with Crippen molar-refractivity contribution in [3.63, 3.8) is 0 Å². The Labute approximate surface area is 199 Å². The van der Waals surface area contributed by atoms with Gasteiger partial charge in [0.15, 0.2) is 23.0 Å². The van der Waals surface area contributed by atoms with E-state index in [0.29, 0.717) is 35.4 Å². The zero-order chi connectivity index (χ0) is 22.3. The van der Waals surface area contributed by atoms with E-state index in [4.69, 9.17) is 18.9 Å². The largest absolute Gasteiger partial charge is 0.493 e. The van der Waals surface area contributed by atoms with E-state index in [0.717, 1.165) is 39.5 Å². The van der Waals surface area contributed by atoms with Crippen LogP contribution in [0.5, 0.6) is 28.7 Å². The molecule has 0 amide bonds. The van der Waals surface area contributed by atoms with Crippen LogP contribution in [0, 0.1) is 0 Å². The number of ether oxygens (including phenoxy) is 4. The van der Waals surface area contributed by atoms with Crippen molar-refractivity contribution >= 4 is 35.4 Å². The van der Waals surface area contributed by atoms with Crippen molar-refractivity contribution in [1.82, 2.24) is 0 Å². The fourth-order valence-electron chi connectivity index (χ4n) is 3.44. The molecular weight excluding hydrogens is 440 g/mol. The number of para-hydroxylation sites is 1. The molecule has 6 heteroatoms. The molecule has 32 heavy (non-hydrogen) atoms. The van der Waals surface area contributed by atoms with Crippen molar-refractivity contribution in [2.45, 2.75) is 13.0 Å². The van der Waals surface area contributed by atoms with Crippen LogP contribution in [0.4, 0.5) is 0 Å². The molecule has 3 aromatic rings. The predicted octanol–water partition coefficient (Wildman–Crippen LogP) is 6.94. The first-order valence-electron chi connectivity index (χ1n) is 10.4. The van der Waals surface area contributed by atoms with E-state index >= 15 is 0 Å². The van der Waals surface area contributed by atoms with Gasteiger partial charge in [0.2, 0.25) is 0 Å². The van der Waals surface area contributed by atoms with Gasteiger partial charge in [-0.15, -0.1) is 11.8 Å². The summed E-state index contributed by atoms with van der Waals surface area (Å²) in [7, 11) is 3.26. The third-order valence-electron chi connectivity index (χ3n) is 5.06. The van der Waals surface area contributed by atoms with Gasteiger partial charge in [-0.25, -0.2) is 0 Å². The summed E-state index contributed by atoms with van der Waals surface area (Å²) < 4.78 is 23.7. The number of thioether (sulfide) groups is 1.